The number of nitro benzene ring substituents is 1. The van der Waals surface area contributed by atoms with Gasteiger partial charge in [0.15, 0.2) is 0 Å². The molecule has 20 heavy (non-hydrogen) atoms. The summed E-state index contributed by atoms with van der Waals surface area (Å²) in [4.78, 5) is 9.98. The average molecular weight is 285 g/mol. The first-order valence-electron chi connectivity index (χ1n) is 6.05. The maximum absolute atomic E-state index is 10.5. The molecule has 3 N–H and O–H groups in total. The number of benzene rings is 1. The van der Waals surface area contributed by atoms with E-state index in [9.17, 15) is 20.3 Å². The molecule has 0 saturated carbocycles. The van der Waals surface area contributed by atoms with Crippen molar-refractivity contribution in [2.75, 3.05) is 6.61 Å². The van der Waals surface area contributed by atoms with Crippen molar-refractivity contribution in [1.82, 2.24) is 0 Å². The van der Waals surface area contributed by atoms with Crippen molar-refractivity contribution in [3.05, 3.63) is 34.4 Å². The molecule has 2 rings (SSSR count). The number of hydrogen-bond acceptors (Lipinski definition) is 7. The van der Waals surface area contributed by atoms with Gasteiger partial charge in [-0.1, -0.05) is 0 Å². The van der Waals surface area contributed by atoms with Gasteiger partial charge in [-0.2, -0.15) is 0 Å². The monoisotopic (exact) mass is 285 g/mol. The van der Waals surface area contributed by atoms with Gasteiger partial charge in [-0.25, -0.2) is 0 Å². The minimum atomic E-state index is -1.26. The lowest BCUT2D eigenvalue weighted by atomic mass is 10.0. The van der Waals surface area contributed by atoms with Crippen LogP contribution in [-0.2, 0) is 4.74 Å². The van der Waals surface area contributed by atoms with Crippen LogP contribution in [0.25, 0.3) is 0 Å². The second-order valence-electron chi connectivity index (χ2n) is 4.47. The molecule has 1 fully saturated rings. The van der Waals surface area contributed by atoms with Crippen molar-refractivity contribution in [2.24, 2.45) is 0 Å². The minimum absolute atomic E-state index is 0.0873. The third-order valence-electron chi connectivity index (χ3n) is 3.01. The van der Waals surface area contributed by atoms with Gasteiger partial charge in [-0.15, -0.1) is 0 Å². The third kappa shape index (κ3) is 3.23. The summed E-state index contributed by atoms with van der Waals surface area (Å²) in [5.74, 6) is 0.255. The van der Waals surface area contributed by atoms with E-state index in [0.717, 1.165) is 0 Å². The molecule has 1 saturated heterocycles. The van der Waals surface area contributed by atoms with Crippen LogP contribution < -0.4 is 4.74 Å². The Hall–Kier alpha value is -1.74. The van der Waals surface area contributed by atoms with E-state index in [2.05, 4.69) is 0 Å². The molecule has 0 spiro atoms. The fraction of sp³-hybridized carbons (Fsp3) is 0.500. The van der Waals surface area contributed by atoms with E-state index >= 15 is 0 Å². The fourth-order valence-electron chi connectivity index (χ4n) is 1.91. The standard InChI is InChI=1S/C12H15NO7/c14-6-9-5-10(15)11(16)12(20-9)19-8-3-1-7(2-4-8)13(17)18/h1-4,9-12,14-16H,5-6H2/t9-,10-,11+,12-/m0/s1. The van der Waals surface area contributed by atoms with E-state index in [4.69, 9.17) is 14.6 Å². The summed E-state index contributed by atoms with van der Waals surface area (Å²) in [6.45, 7) is -0.302. The summed E-state index contributed by atoms with van der Waals surface area (Å²) in [7, 11) is 0. The number of hydrogen-bond donors (Lipinski definition) is 3. The Labute approximate surface area is 114 Å². The lowest BCUT2D eigenvalue weighted by Crippen LogP contribution is -2.51. The van der Waals surface area contributed by atoms with Crippen LogP contribution >= 0.6 is 0 Å². The van der Waals surface area contributed by atoms with Gasteiger partial charge in [0, 0.05) is 18.6 Å². The highest BCUT2D eigenvalue weighted by molar-refractivity contribution is 5.36. The molecule has 1 heterocycles. The molecule has 0 amide bonds. The summed E-state index contributed by atoms with van der Waals surface area (Å²) in [5, 5.41) is 38.9. The van der Waals surface area contributed by atoms with Crippen molar-refractivity contribution < 1.29 is 29.7 Å². The fourth-order valence-corrected chi connectivity index (χ4v) is 1.91. The van der Waals surface area contributed by atoms with Crippen molar-refractivity contribution in [1.29, 1.82) is 0 Å². The Morgan fingerprint density at radius 1 is 1.35 bits per heavy atom. The van der Waals surface area contributed by atoms with Gasteiger partial charge < -0.3 is 24.8 Å². The number of ether oxygens (including phenoxy) is 2. The van der Waals surface area contributed by atoms with E-state index in [0.29, 0.717) is 0 Å². The van der Waals surface area contributed by atoms with Crippen LogP contribution in [0.2, 0.25) is 0 Å². The number of rotatable bonds is 4. The van der Waals surface area contributed by atoms with Crippen LogP contribution in [0.3, 0.4) is 0 Å². The number of nitro groups is 1. The van der Waals surface area contributed by atoms with Gasteiger partial charge in [-0.05, 0) is 12.1 Å². The third-order valence-corrected chi connectivity index (χ3v) is 3.01. The molecule has 8 nitrogen and oxygen atoms in total. The molecule has 4 atom stereocenters. The van der Waals surface area contributed by atoms with Crippen LogP contribution in [0.4, 0.5) is 5.69 Å². The highest BCUT2D eigenvalue weighted by Crippen LogP contribution is 2.25. The molecule has 0 unspecified atom stereocenters. The zero-order chi connectivity index (χ0) is 14.7. The second kappa shape index (κ2) is 6.14. The van der Waals surface area contributed by atoms with E-state index in [1.165, 1.54) is 24.3 Å². The van der Waals surface area contributed by atoms with Crippen LogP contribution in [0.5, 0.6) is 5.75 Å². The molecule has 0 aliphatic carbocycles. The Kier molecular flexibility index (Phi) is 4.50. The number of non-ortho nitro benzene ring substituents is 1. The summed E-state index contributed by atoms with van der Waals surface area (Å²) < 4.78 is 10.6. The van der Waals surface area contributed by atoms with Gasteiger partial charge >= 0.3 is 0 Å². The van der Waals surface area contributed by atoms with E-state index < -0.39 is 29.5 Å². The van der Waals surface area contributed by atoms with Crippen LogP contribution in [0, 0.1) is 10.1 Å². The Balaban J connectivity index is 2.05. The molecule has 1 aliphatic rings. The molecular weight excluding hydrogens is 270 g/mol. The number of nitrogens with zero attached hydrogens (tertiary/aromatic N) is 1. The molecule has 0 radical (unpaired) electrons. The molecule has 8 heteroatoms. The predicted molar refractivity (Wildman–Crippen MR) is 66.1 cm³/mol. The van der Waals surface area contributed by atoms with Crippen molar-refractivity contribution in [3.8, 4) is 5.75 Å². The van der Waals surface area contributed by atoms with Gasteiger partial charge in [0.1, 0.15) is 11.9 Å². The van der Waals surface area contributed by atoms with E-state index in [-0.39, 0.29) is 24.5 Å². The molecule has 1 aromatic rings. The summed E-state index contributed by atoms with van der Waals surface area (Å²) in [6, 6.07) is 5.24. The maximum atomic E-state index is 10.5. The topological polar surface area (TPSA) is 122 Å². The zero-order valence-electron chi connectivity index (χ0n) is 10.5. The number of aliphatic hydroxyl groups is 3. The van der Waals surface area contributed by atoms with E-state index in [1.54, 1.807) is 0 Å². The highest BCUT2D eigenvalue weighted by atomic mass is 16.7. The summed E-state index contributed by atoms with van der Waals surface area (Å²) >= 11 is 0. The Bertz CT molecular complexity index is 463. The van der Waals surface area contributed by atoms with Crippen LogP contribution in [-0.4, -0.2) is 51.5 Å². The Morgan fingerprint density at radius 3 is 2.55 bits per heavy atom. The van der Waals surface area contributed by atoms with E-state index in [1.807, 2.05) is 0 Å². The minimum Gasteiger partial charge on any atom is -0.462 e. The smallest absolute Gasteiger partial charge is 0.269 e. The molecule has 1 aliphatic heterocycles. The van der Waals surface area contributed by atoms with Crippen molar-refractivity contribution in [2.45, 2.75) is 31.0 Å². The first-order chi connectivity index (χ1) is 9.51. The van der Waals surface area contributed by atoms with Crippen molar-refractivity contribution >= 4 is 5.69 Å². The number of aliphatic hydroxyl groups excluding tert-OH is 3. The normalized spacial score (nSPS) is 29.9. The maximum Gasteiger partial charge on any atom is 0.269 e. The molecular formula is C12H15NO7. The lowest BCUT2D eigenvalue weighted by Gasteiger charge is -2.36. The lowest BCUT2D eigenvalue weighted by molar-refractivity contribution is -0.384. The summed E-state index contributed by atoms with van der Waals surface area (Å²) in [6.07, 6.45) is -3.98. The summed E-state index contributed by atoms with van der Waals surface area (Å²) in [5.41, 5.74) is -0.0873. The quantitative estimate of drug-likeness (QED) is 0.517. The van der Waals surface area contributed by atoms with Crippen molar-refractivity contribution in [3.63, 3.8) is 0 Å². The zero-order valence-corrected chi connectivity index (χ0v) is 10.5. The average Bonchev–Trinajstić information content (AvgIpc) is 2.44. The SMILES string of the molecule is O=[N+]([O-])c1ccc(O[C@H]2O[C@H](CO)C[C@H](O)[C@H]2O)cc1. The first-order valence-corrected chi connectivity index (χ1v) is 6.05. The second-order valence-corrected chi connectivity index (χ2v) is 4.47. The highest BCUT2D eigenvalue weighted by Gasteiger charge is 2.38. The predicted octanol–water partition coefficient (Wildman–Crippen LogP) is -0.197. The van der Waals surface area contributed by atoms with Crippen LogP contribution in [0.15, 0.2) is 24.3 Å². The van der Waals surface area contributed by atoms with Gasteiger partial charge in [0.05, 0.1) is 23.7 Å². The van der Waals surface area contributed by atoms with Gasteiger partial charge in [0.25, 0.3) is 5.69 Å². The Morgan fingerprint density at radius 2 is 2.00 bits per heavy atom. The van der Waals surface area contributed by atoms with Gasteiger partial charge in [0.2, 0.25) is 6.29 Å². The van der Waals surface area contributed by atoms with Gasteiger partial charge in [-0.3, -0.25) is 10.1 Å². The van der Waals surface area contributed by atoms with Crippen LogP contribution in [0.1, 0.15) is 6.42 Å². The largest absolute Gasteiger partial charge is 0.462 e. The molecule has 0 aromatic heterocycles. The molecule has 110 valence electrons. The molecule has 0 bridgehead atoms. The first kappa shape index (κ1) is 14.7. The molecule has 1 aromatic carbocycles.